The third-order valence-electron chi connectivity index (χ3n) is 4.00. The summed E-state index contributed by atoms with van der Waals surface area (Å²) in [4.78, 5) is 16.5. The fraction of sp³-hybridized carbons (Fsp3) is 0.600. The number of rotatable bonds is 3. The molecule has 1 fully saturated rings. The molecule has 0 saturated heterocycles. The number of aliphatic hydroxyl groups is 1. The van der Waals surface area contributed by atoms with Gasteiger partial charge < -0.3 is 10.4 Å². The molecule has 0 radical (unpaired) electrons. The van der Waals surface area contributed by atoms with Crippen LogP contribution in [0.25, 0.3) is 0 Å². The minimum atomic E-state index is -0.474. The van der Waals surface area contributed by atoms with E-state index >= 15 is 0 Å². The second-order valence-electron chi connectivity index (χ2n) is 5.76. The average molecular weight is 262 g/mol. The number of hydrogen-bond donors (Lipinski definition) is 2. The van der Waals surface area contributed by atoms with Crippen LogP contribution in [0.1, 0.15) is 48.7 Å². The third-order valence-corrected chi connectivity index (χ3v) is 4.00. The van der Waals surface area contributed by atoms with Crippen molar-refractivity contribution >= 4 is 5.91 Å². The molecule has 1 aromatic rings. The number of amides is 1. The lowest BCUT2D eigenvalue weighted by molar-refractivity contribution is 0.0692. The first-order valence-corrected chi connectivity index (χ1v) is 6.91. The first-order valence-electron chi connectivity index (χ1n) is 6.91. The summed E-state index contributed by atoms with van der Waals surface area (Å²) in [6, 6.07) is 3.69. The predicted molar refractivity (Wildman–Crippen MR) is 73.9 cm³/mol. The molecule has 0 aliphatic heterocycles. The Kier molecular flexibility index (Phi) is 4.20. The van der Waals surface area contributed by atoms with Gasteiger partial charge in [0.2, 0.25) is 0 Å². The van der Waals surface area contributed by atoms with Gasteiger partial charge in [0.05, 0.1) is 12.1 Å². The van der Waals surface area contributed by atoms with Crippen LogP contribution in [0.4, 0.5) is 0 Å². The van der Waals surface area contributed by atoms with Gasteiger partial charge in [-0.15, -0.1) is 0 Å². The number of pyridine rings is 1. The maximum atomic E-state index is 12.3. The van der Waals surface area contributed by atoms with Crippen LogP contribution in [0.5, 0.6) is 0 Å². The Morgan fingerprint density at radius 3 is 3.05 bits per heavy atom. The van der Waals surface area contributed by atoms with Crippen LogP contribution >= 0.6 is 0 Å². The summed E-state index contributed by atoms with van der Waals surface area (Å²) in [5.41, 5.74) is 0.837. The van der Waals surface area contributed by atoms with Crippen molar-refractivity contribution in [1.82, 2.24) is 10.3 Å². The van der Waals surface area contributed by atoms with Crippen LogP contribution in [0, 0.1) is 12.8 Å². The lowest BCUT2D eigenvalue weighted by Crippen LogP contribution is -2.54. The number of carbonyl (C=O) groups is 1. The van der Waals surface area contributed by atoms with E-state index in [1.54, 1.807) is 6.20 Å². The second kappa shape index (κ2) is 5.70. The van der Waals surface area contributed by atoms with E-state index in [1.807, 2.05) is 19.1 Å². The minimum absolute atomic E-state index is 0.00500. The lowest BCUT2D eigenvalue weighted by atomic mass is 9.76. The summed E-state index contributed by atoms with van der Waals surface area (Å²) < 4.78 is 0. The van der Waals surface area contributed by atoms with E-state index in [4.69, 9.17) is 0 Å². The zero-order chi connectivity index (χ0) is 13.9. The van der Waals surface area contributed by atoms with Gasteiger partial charge in [-0.1, -0.05) is 25.8 Å². The molecule has 2 N–H and O–H groups in total. The number of aryl methyl sites for hydroxylation is 1. The molecule has 0 bridgehead atoms. The predicted octanol–water partition coefficient (Wildman–Crippen LogP) is 2.06. The van der Waals surface area contributed by atoms with Crippen LogP contribution in [0.15, 0.2) is 18.3 Å². The van der Waals surface area contributed by atoms with E-state index in [9.17, 15) is 9.90 Å². The summed E-state index contributed by atoms with van der Waals surface area (Å²) in [5.74, 6) is 0.354. The summed E-state index contributed by atoms with van der Waals surface area (Å²) in [6.07, 6.45) is 5.51. The molecule has 19 heavy (non-hydrogen) atoms. The van der Waals surface area contributed by atoms with Crippen molar-refractivity contribution in [3.8, 4) is 0 Å². The van der Waals surface area contributed by atoms with Crippen LogP contribution in [-0.2, 0) is 0 Å². The number of aliphatic hydroxyl groups excluding tert-OH is 1. The van der Waals surface area contributed by atoms with E-state index in [0.29, 0.717) is 11.6 Å². The highest BCUT2D eigenvalue weighted by molar-refractivity contribution is 5.94. The fourth-order valence-electron chi connectivity index (χ4n) is 2.98. The van der Waals surface area contributed by atoms with Crippen LogP contribution in [-0.4, -0.2) is 28.1 Å². The molecule has 1 aliphatic carbocycles. The van der Waals surface area contributed by atoms with Gasteiger partial charge in [-0.25, -0.2) is 0 Å². The number of hydrogen-bond acceptors (Lipinski definition) is 3. The van der Waals surface area contributed by atoms with Crippen molar-refractivity contribution in [2.45, 2.75) is 45.1 Å². The number of nitrogens with zero attached hydrogens (tertiary/aromatic N) is 1. The number of carbonyl (C=O) groups excluding carboxylic acids is 1. The van der Waals surface area contributed by atoms with Gasteiger partial charge in [0.1, 0.15) is 5.69 Å². The van der Waals surface area contributed by atoms with Gasteiger partial charge in [-0.3, -0.25) is 9.78 Å². The molecule has 2 rings (SSSR count). The van der Waals surface area contributed by atoms with Crippen molar-refractivity contribution in [1.29, 1.82) is 0 Å². The molecule has 104 valence electrons. The van der Waals surface area contributed by atoms with Gasteiger partial charge in [0.25, 0.3) is 5.91 Å². The molecule has 4 heteroatoms. The normalized spacial score (nSPS) is 27.0. The second-order valence-corrected chi connectivity index (χ2v) is 5.76. The molecular weight excluding hydrogens is 240 g/mol. The van der Waals surface area contributed by atoms with Gasteiger partial charge in [0.15, 0.2) is 0 Å². The lowest BCUT2D eigenvalue weighted by Gasteiger charge is -2.39. The van der Waals surface area contributed by atoms with Crippen LogP contribution < -0.4 is 5.32 Å². The van der Waals surface area contributed by atoms with Gasteiger partial charge in [-0.05, 0) is 37.3 Å². The minimum Gasteiger partial charge on any atom is -0.394 e. The standard InChI is InChI=1S/C15H22N2O2/c1-11-5-3-7-15(9-11,10-18)17-14(19)13-12(2)6-4-8-16-13/h4,6,8,11,18H,3,5,7,9-10H2,1-2H3,(H,17,19). The molecule has 4 nitrogen and oxygen atoms in total. The molecule has 0 spiro atoms. The van der Waals surface area contributed by atoms with Crippen molar-refractivity contribution in [2.75, 3.05) is 6.61 Å². The Hall–Kier alpha value is -1.42. The zero-order valence-corrected chi connectivity index (χ0v) is 11.6. The third kappa shape index (κ3) is 3.13. The van der Waals surface area contributed by atoms with Crippen molar-refractivity contribution < 1.29 is 9.90 Å². The Morgan fingerprint density at radius 2 is 2.42 bits per heavy atom. The quantitative estimate of drug-likeness (QED) is 0.876. The van der Waals surface area contributed by atoms with Gasteiger partial charge in [0, 0.05) is 6.20 Å². The van der Waals surface area contributed by atoms with Crippen molar-refractivity contribution in [3.63, 3.8) is 0 Å². The summed E-state index contributed by atoms with van der Waals surface area (Å²) in [7, 11) is 0. The molecule has 1 aromatic heterocycles. The van der Waals surface area contributed by atoms with E-state index in [2.05, 4.69) is 17.2 Å². The summed E-state index contributed by atoms with van der Waals surface area (Å²) >= 11 is 0. The largest absolute Gasteiger partial charge is 0.394 e. The maximum Gasteiger partial charge on any atom is 0.270 e. The van der Waals surface area contributed by atoms with Crippen molar-refractivity contribution in [2.24, 2.45) is 5.92 Å². The molecule has 1 amide bonds. The van der Waals surface area contributed by atoms with E-state index < -0.39 is 5.54 Å². The van der Waals surface area contributed by atoms with Crippen LogP contribution in [0.3, 0.4) is 0 Å². The molecule has 2 unspecified atom stereocenters. The Balaban J connectivity index is 2.14. The maximum absolute atomic E-state index is 12.3. The van der Waals surface area contributed by atoms with E-state index in [-0.39, 0.29) is 12.5 Å². The van der Waals surface area contributed by atoms with Crippen molar-refractivity contribution in [3.05, 3.63) is 29.6 Å². The Bertz CT molecular complexity index is 461. The molecule has 1 heterocycles. The topological polar surface area (TPSA) is 62.2 Å². The van der Waals surface area contributed by atoms with Crippen LogP contribution in [0.2, 0.25) is 0 Å². The zero-order valence-electron chi connectivity index (χ0n) is 11.6. The molecule has 2 atom stereocenters. The molecule has 1 saturated carbocycles. The summed E-state index contributed by atoms with van der Waals surface area (Å²) in [6.45, 7) is 4.04. The monoisotopic (exact) mass is 262 g/mol. The smallest absolute Gasteiger partial charge is 0.270 e. The highest BCUT2D eigenvalue weighted by Gasteiger charge is 2.36. The van der Waals surface area contributed by atoms with E-state index in [1.165, 1.54) is 6.42 Å². The SMILES string of the molecule is Cc1cccnc1C(=O)NC1(CO)CCCC(C)C1. The number of aromatic nitrogens is 1. The Labute approximate surface area is 114 Å². The van der Waals surface area contributed by atoms with Gasteiger partial charge in [-0.2, -0.15) is 0 Å². The first-order chi connectivity index (χ1) is 9.06. The summed E-state index contributed by atoms with van der Waals surface area (Å²) in [5, 5.41) is 12.7. The number of nitrogens with one attached hydrogen (secondary N) is 1. The molecular formula is C15H22N2O2. The van der Waals surface area contributed by atoms with E-state index in [0.717, 1.165) is 24.8 Å². The fourth-order valence-corrected chi connectivity index (χ4v) is 2.98. The van der Waals surface area contributed by atoms with Gasteiger partial charge >= 0.3 is 0 Å². The molecule has 0 aromatic carbocycles. The Morgan fingerprint density at radius 1 is 1.63 bits per heavy atom. The highest BCUT2D eigenvalue weighted by Crippen LogP contribution is 2.32. The average Bonchev–Trinajstić information content (AvgIpc) is 2.39. The first kappa shape index (κ1) is 14.0. The highest BCUT2D eigenvalue weighted by atomic mass is 16.3. The molecule has 1 aliphatic rings.